The predicted molar refractivity (Wildman–Crippen MR) is 80.4 cm³/mol. The Kier molecular flexibility index (Phi) is 4.98. The lowest BCUT2D eigenvalue weighted by molar-refractivity contribution is 0.131. The summed E-state index contributed by atoms with van der Waals surface area (Å²) in [5.74, 6) is 0.742. The topological polar surface area (TPSA) is 73.6 Å². The van der Waals surface area contributed by atoms with Crippen molar-refractivity contribution in [1.82, 2.24) is 4.98 Å². The Bertz CT molecular complexity index is 576. The summed E-state index contributed by atoms with van der Waals surface area (Å²) in [6.07, 6.45) is 5.15. The number of hydrogen-bond donors (Lipinski definition) is 1. The average Bonchev–Trinajstić information content (AvgIpc) is 2.76. The Morgan fingerprint density at radius 1 is 1.45 bits per heavy atom. The van der Waals surface area contributed by atoms with Gasteiger partial charge in [0.15, 0.2) is 5.58 Å². The minimum absolute atomic E-state index is 0.182. The third-order valence-corrected chi connectivity index (χ3v) is 2.96. The van der Waals surface area contributed by atoms with Gasteiger partial charge in [-0.2, -0.15) is 4.98 Å². The van der Waals surface area contributed by atoms with E-state index in [-0.39, 0.29) is 6.01 Å². The van der Waals surface area contributed by atoms with Gasteiger partial charge in [0.25, 0.3) is 6.01 Å². The van der Waals surface area contributed by atoms with E-state index in [1.165, 1.54) is 6.42 Å². The summed E-state index contributed by atoms with van der Waals surface area (Å²) in [5, 5.41) is 3.96. The molecule has 2 N–H and O–H groups in total. The molecule has 0 fully saturated rings. The van der Waals surface area contributed by atoms with Crippen molar-refractivity contribution in [2.45, 2.75) is 39.7 Å². The molecule has 2 rings (SSSR count). The van der Waals surface area contributed by atoms with Crippen LogP contribution in [0.5, 0.6) is 0 Å². The van der Waals surface area contributed by atoms with Gasteiger partial charge in [0.2, 0.25) is 0 Å². The van der Waals surface area contributed by atoms with Crippen molar-refractivity contribution in [1.29, 1.82) is 0 Å². The van der Waals surface area contributed by atoms with Crippen molar-refractivity contribution >= 4 is 23.3 Å². The van der Waals surface area contributed by atoms with E-state index in [0.717, 1.165) is 29.8 Å². The van der Waals surface area contributed by atoms with E-state index in [2.05, 4.69) is 24.0 Å². The second kappa shape index (κ2) is 6.93. The Morgan fingerprint density at radius 3 is 3.10 bits per heavy atom. The first-order chi connectivity index (χ1) is 9.65. The molecule has 0 bridgehead atoms. The van der Waals surface area contributed by atoms with Crippen LogP contribution in [0, 0.1) is 5.92 Å². The lowest BCUT2D eigenvalue weighted by Gasteiger charge is -2.01. The molecular formula is C15H21N3O2. The van der Waals surface area contributed by atoms with E-state index in [9.17, 15) is 0 Å². The molecule has 0 amide bonds. The van der Waals surface area contributed by atoms with Gasteiger partial charge >= 0.3 is 0 Å². The zero-order valence-corrected chi connectivity index (χ0v) is 12.0. The number of benzene rings is 1. The molecule has 5 heteroatoms. The number of nitrogens with zero attached hydrogens (tertiary/aromatic N) is 2. The van der Waals surface area contributed by atoms with Crippen LogP contribution in [0.2, 0.25) is 0 Å². The predicted octanol–water partition coefficient (Wildman–Crippen LogP) is 3.74. The Labute approximate surface area is 118 Å². The van der Waals surface area contributed by atoms with Crippen LogP contribution in [0.1, 0.15) is 38.7 Å². The molecule has 5 nitrogen and oxygen atoms in total. The van der Waals surface area contributed by atoms with Crippen molar-refractivity contribution < 1.29 is 9.25 Å². The highest BCUT2D eigenvalue weighted by Gasteiger charge is 2.03. The fourth-order valence-corrected chi connectivity index (χ4v) is 1.92. The van der Waals surface area contributed by atoms with Crippen LogP contribution in [0.3, 0.4) is 0 Å². The Hall–Kier alpha value is -2.04. The van der Waals surface area contributed by atoms with Gasteiger partial charge in [0, 0.05) is 6.21 Å². The molecule has 1 heterocycles. The zero-order valence-electron chi connectivity index (χ0n) is 12.0. The molecule has 0 aliphatic heterocycles. The quantitative estimate of drug-likeness (QED) is 0.474. The molecular weight excluding hydrogens is 254 g/mol. The van der Waals surface area contributed by atoms with Crippen LogP contribution < -0.4 is 5.73 Å². The first kappa shape index (κ1) is 14.4. The maximum Gasteiger partial charge on any atom is 0.292 e. The highest BCUT2D eigenvalue weighted by Crippen LogP contribution is 2.18. The fourth-order valence-electron chi connectivity index (χ4n) is 1.92. The van der Waals surface area contributed by atoms with Crippen molar-refractivity contribution in [3.8, 4) is 0 Å². The number of anilines is 1. The zero-order chi connectivity index (χ0) is 14.4. The van der Waals surface area contributed by atoms with E-state index >= 15 is 0 Å². The summed E-state index contributed by atoms with van der Waals surface area (Å²) < 4.78 is 5.21. The van der Waals surface area contributed by atoms with Gasteiger partial charge in [-0.1, -0.05) is 31.5 Å². The smallest absolute Gasteiger partial charge is 0.292 e. The summed E-state index contributed by atoms with van der Waals surface area (Å²) in [5.41, 5.74) is 7.91. The van der Waals surface area contributed by atoms with Gasteiger partial charge in [-0.15, -0.1) is 0 Å². The third-order valence-electron chi connectivity index (χ3n) is 2.96. The van der Waals surface area contributed by atoms with Gasteiger partial charge in [0.1, 0.15) is 12.1 Å². The summed E-state index contributed by atoms with van der Waals surface area (Å²) in [7, 11) is 0. The van der Waals surface area contributed by atoms with E-state index in [4.69, 9.17) is 15.0 Å². The number of nitrogen functional groups attached to an aromatic ring is 1. The number of oxazole rings is 1. The standard InChI is InChI=1S/C15H21N3O2/c1-11(2)5-3-4-8-17-19-10-12-6-7-14-13(9-12)18-15(16)20-14/h6-9,11H,3-5,10H2,1-2H3,(H2,16,18). The Morgan fingerprint density at radius 2 is 2.30 bits per heavy atom. The lowest BCUT2D eigenvalue weighted by Crippen LogP contribution is -1.89. The SMILES string of the molecule is CC(C)CCCC=NOCc1ccc2oc(N)nc2c1. The maximum absolute atomic E-state index is 5.50. The molecule has 20 heavy (non-hydrogen) atoms. The van der Waals surface area contributed by atoms with Crippen molar-refractivity contribution in [2.24, 2.45) is 11.1 Å². The van der Waals surface area contributed by atoms with E-state index < -0.39 is 0 Å². The monoisotopic (exact) mass is 275 g/mol. The molecule has 0 aliphatic rings. The molecule has 108 valence electrons. The lowest BCUT2D eigenvalue weighted by atomic mass is 10.1. The van der Waals surface area contributed by atoms with Gasteiger partial charge < -0.3 is 15.0 Å². The molecule has 2 aromatic rings. The molecule has 1 aromatic heterocycles. The molecule has 1 aromatic carbocycles. The molecule has 0 unspecified atom stereocenters. The second-order valence-electron chi connectivity index (χ2n) is 5.24. The van der Waals surface area contributed by atoms with Gasteiger partial charge in [-0.05, 0) is 36.5 Å². The number of rotatable bonds is 7. The number of unbranched alkanes of at least 4 members (excludes halogenated alkanes) is 1. The van der Waals surface area contributed by atoms with Crippen molar-refractivity contribution in [2.75, 3.05) is 5.73 Å². The van der Waals surface area contributed by atoms with Gasteiger partial charge in [0.05, 0.1) is 0 Å². The molecule has 0 radical (unpaired) electrons. The average molecular weight is 275 g/mol. The molecule has 0 atom stereocenters. The summed E-state index contributed by atoms with van der Waals surface area (Å²) in [6.45, 7) is 4.87. The van der Waals surface area contributed by atoms with Gasteiger partial charge in [-0.3, -0.25) is 0 Å². The normalized spacial score (nSPS) is 11.8. The summed E-state index contributed by atoms with van der Waals surface area (Å²) in [6, 6.07) is 5.83. The number of hydrogen-bond acceptors (Lipinski definition) is 5. The van der Waals surface area contributed by atoms with Crippen molar-refractivity contribution in [3.05, 3.63) is 23.8 Å². The Balaban J connectivity index is 1.76. The van der Waals surface area contributed by atoms with E-state index in [1.807, 2.05) is 24.4 Å². The van der Waals surface area contributed by atoms with Crippen LogP contribution >= 0.6 is 0 Å². The number of oxime groups is 1. The van der Waals surface area contributed by atoms with Crippen LogP contribution in [-0.2, 0) is 11.4 Å². The van der Waals surface area contributed by atoms with E-state index in [0.29, 0.717) is 12.2 Å². The fraction of sp³-hybridized carbons (Fsp3) is 0.467. The van der Waals surface area contributed by atoms with Crippen LogP contribution in [0.25, 0.3) is 11.1 Å². The van der Waals surface area contributed by atoms with Crippen LogP contribution in [0.4, 0.5) is 6.01 Å². The number of aromatic nitrogens is 1. The molecule has 0 spiro atoms. The maximum atomic E-state index is 5.50. The summed E-state index contributed by atoms with van der Waals surface area (Å²) >= 11 is 0. The van der Waals surface area contributed by atoms with Crippen LogP contribution in [-0.4, -0.2) is 11.2 Å². The number of nitrogens with two attached hydrogens (primary N) is 1. The highest BCUT2D eigenvalue weighted by molar-refractivity contribution is 5.74. The van der Waals surface area contributed by atoms with Crippen LogP contribution in [0.15, 0.2) is 27.8 Å². The third kappa shape index (κ3) is 4.26. The minimum Gasteiger partial charge on any atom is -0.424 e. The molecule has 0 aliphatic carbocycles. The molecule has 0 saturated carbocycles. The molecule has 0 saturated heterocycles. The van der Waals surface area contributed by atoms with E-state index in [1.54, 1.807) is 0 Å². The highest BCUT2D eigenvalue weighted by atomic mass is 16.6. The second-order valence-corrected chi connectivity index (χ2v) is 5.24. The largest absolute Gasteiger partial charge is 0.424 e. The minimum atomic E-state index is 0.182. The van der Waals surface area contributed by atoms with Gasteiger partial charge in [-0.25, -0.2) is 0 Å². The first-order valence-corrected chi connectivity index (χ1v) is 6.94. The van der Waals surface area contributed by atoms with Crippen molar-refractivity contribution in [3.63, 3.8) is 0 Å². The summed E-state index contributed by atoms with van der Waals surface area (Å²) in [4.78, 5) is 9.34. The first-order valence-electron chi connectivity index (χ1n) is 6.94. The number of fused-ring (bicyclic) bond motifs is 1.